The maximum Gasteiger partial charge on any atom is 0.0462 e. The lowest BCUT2D eigenvalue weighted by atomic mass is 10.0. The van der Waals surface area contributed by atoms with E-state index in [0.29, 0.717) is 0 Å². The summed E-state index contributed by atoms with van der Waals surface area (Å²) in [4.78, 5) is 4.69. The van der Waals surface area contributed by atoms with Gasteiger partial charge in [-0.15, -0.1) is 11.3 Å². The molecule has 0 saturated carbocycles. The molecule has 0 amide bonds. The van der Waals surface area contributed by atoms with Crippen LogP contribution in [0.15, 0.2) is 279 Å². The SMILES string of the molecule is c1ccc(-c2ccc(N(c3ccc(-c4ccccc4)cc3)c3ccc(-c4ccc(N(c5ccc(-c6ccccc6)cc5)c5ccc(-c6ccc7sc8ccccc8c7c6)cc5)cc4)cc3)cc2)cc1. The van der Waals surface area contributed by atoms with Gasteiger partial charge >= 0.3 is 0 Å². The quantitative estimate of drug-likeness (QED) is 0.128. The van der Waals surface area contributed by atoms with Gasteiger partial charge in [-0.25, -0.2) is 0 Å². The van der Waals surface area contributed by atoms with Gasteiger partial charge in [0.25, 0.3) is 0 Å². The molecule has 0 radical (unpaired) electrons. The van der Waals surface area contributed by atoms with E-state index in [1.165, 1.54) is 64.7 Å². The maximum absolute atomic E-state index is 2.35. The van der Waals surface area contributed by atoms with Crippen LogP contribution in [0, 0.1) is 0 Å². The highest BCUT2D eigenvalue weighted by Crippen LogP contribution is 2.41. The third-order valence-electron chi connectivity index (χ3n) is 13.1. The van der Waals surface area contributed by atoms with Gasteiger partial charge in [-0.3, -0.25) is 0 Å². The van der Waals surface area contributed by atoms with Crippen LogP contribution in [-0.2, 0) is 0 Å². The molecule has 0 atom stereocenters. The molecule has 11 aromatic carbocycles. The summed E-state index contributed by atoms with van der Waals surface area (Å²) in [7, 11) is 0. The van der Waals surface area contributed by atoms with Gasteiger partial charge in [0.15, 0.2) is 0 Å². The molecule has 0 spiro atoms. The van der Waals surface area contributed by atoms with Gasteiger partial charge < -0.3 is 9.80 Å². The Hall–Kier alpha value is -8.76. The predicted molar refractivity (Wildman–Crippen MR) is 296 cm³/mol. The molecule has 0 N–H and O–H groups in total. The molecule has 12 rings (SSSR count). The molecule has 0 aliphatic heterocycles. The molecule has 1 heterocycles. The van der Waals surface area contributed by atoms with E-state index in [2.05, 4.69) is 289 Å². The van der Waals surface area contributed by atoms with Crippen molar-refractivity contribution in [2.45, 2.75) is 0 Å². The van der Waals surface area contributed by atoms with Crippen molar-refractivity contribution in [2.24, 2.45) is 0 Å². The van der Waals surface area contributed by atoms with Crippen LogP contribution >= 0.6 is 11.3 Å². The first kappa shape index (κ1) is 41.7. The van der Waals surface area contributed by atoms with Crippen molar-refractivity contribution in [1.29, 1.82) is 0 Å². The zero-order chi connectivity index (χ0) is 45.9. The van der Waals surface area contributed by atoms with E-state index in [-0.39, 0.29) is 0 Å². The van der Waals surface area contributed by atoms with E-state index < -0.39 is 0 Å². The zero-order valence-corrected chi connectivity index (χ0v) is 38.7. The standard InChI is InChI=1S/C66H46N2S/c1-4-12-47(13-5-1)50-20-33-57(34-21-50)67(58-35-22-51(23-36-58)48-14-6-2-7-15-48)60-39-26-53(27-40-60)54-28-41-61(42-29-54)68(59-37-24-52(25-38-59)49-16-8-3-9-17-49)62-43-30-55(31-44-62)56-32-45-66-64(46-56)63-18-10-11-19-65(63)69-66/h1-46H. The minimum atomic E-state index is 1.09. The molecule has 0 bridgehead atoms. The number of anilines is 6. The Morgan fingerprint density at radius 3 is 0.768 bits per heavy atom. The molecule has 0 unspecified atom stereocenters. The Labute approximate surface area is 407 Å². The number of rotatable bonds is 11. The first-order valence-corrected chi connectivity index (χ1v) is 24.3. The number of fused-ring (bicyclic) bond motifs is 3. The molecule has 0 aliphatic rings. The molecule has 0 saturated heterocycles. The average Bonchev–Trinajstić information content (AvgIpc) is 3.81. The van der Waals surface area contributed by atoms with Crippen LogP contribution < -0.4 is 9.80 Å². The Kier molecular flexibility index (Phi) is 11.2. The van der Waals surface area contributed by atoms with Crippen molar-refractivity contribution in [3.05, 3.63) is 279 Å². The number of thiophene rings is 1. The summed E-state index contributed by atoms with van der Waals surface area (Å²) >= 11 is 1.86. The number of nitrogens with zero attached hydrogens (tertiary/aromatic N) is 2. The molecule has 1 aromatic heterocycles. The normalized spacial score (nSPS) is 11.2. The average molecular weight is 899 g/mol. The van der Waals surface area contributed by atoms with Gasteiger partial charge in [0, 0.05) is 54.3 Å². The van der Waals surface area contributed by atoms with E-state index in [0.717, 1.165) is 45.3 Å². The second kappa shape index (κ2) is 18.5. The van der Waals surface area contributed by atoms with Crippen molar-refractivity contribution in [3.63, 3.8) is 0 Å². The summed E-state index contributed by atoms with van der Waals surface area (Å²) in [6.45, 7) is 0. The van der Waals surface area contributed by atoms with Gasteiger partial charge in [-0.2, -0.15) is 0 Å². The molecule has 2 nitrogen and oxygen atoms in total. The van der Waals surface area contributed by atoms with Crippen molar-refractivity contribution in [2.75, 3.05) is 9.80 Å². The second-order valence-electron chi connectivity index (χ2n) is 17.4. The maximum atomic E-state index is 2.35. The molecule has 12 aromatic rings. The third-order valence-corrected chi connectivity index (χ3v) is 14.3. The van der Waals surface area contributed by atoms with Crippen LogP contribution in [-0.4, -0.2) is 0 Å². The van der Waals surface area contributed by atoms with Gasteiger partial charge in [0.1, 0.15) is 0 Å². The lowest BCUT2D eigenvalue weighted by Gasteiger charge is -2.27. The molecule has 3 heteroatoms. The Bertz CT molecular complexity index is 3560. The summed E-state index contributed by atoms with van der Waals surface area (Å²) < 4.78 is 2.64. The highest BCUT2D eigenvalue weighted by Gasteiger charge is 2.17. The fourth-order valence-corrected chi connectivity index (χ4v) is 10.6. The van der Waals surface area contributed by atoms with E-state index in [9.17, 15) is 0 Å². The van der Waals surface area contributed by atoms with Crippen LogP contribution in [0.5, 0.6) is 0 Å². The summed E-state index contributed by atoms with van der Waals surface area (Å²) in [5.74, 6) is 0. The predicted octanol–water partition coefficient (Wildman–Crippen LogP) is 19.3. The number of benzene rings is 11. The van der Waals surface area contributed by atoms with Crippen LogP contribution in [0.3, 0.4) is 0 Å². The van der Waals surface area contributed by atoms with E-state index in [1.54, 1.807) is 0 Å². The van der Waals surface area contributed by atoms with Gasteiger partial charge in [0.05, 0.1) is 0 Å². The highest BCUT2D eigenvalue weighted by molar-refractivity contribution is 7.25. The number of hydrogen-bond acceptors (Lipinski definition) is 3. The lowest BCUT2D eigenvalue weighted by Crippen LogP contribution is -2.10. The minimum absolute atomic E-state index is 1.09. The summed E-state index contributed by atoms with van der Waals surface area (Å²) in [5, 5.41) is 2.63. The first-order chi connectivity index (χ1) is 34.2. The fourth-order valence-electron chi connectivity index (χ4n) is 9.51. The number of hydrogen-bond donors (Lipinski definition) is 0. The molecule has 0 fully saturated rings. The van der Waals surface area contributed by atoms with E-state index >= 15 is 0 Å². The van der Waals surface area contributed by atoms with E-state index in [1.807, 2.05) is 11.3 Å². The van der Waals surface area contributed by atoms with Crippen molar-refractivity contribution in [3.8, 4) is 55.6 Å². The molecule has 326 valence electrons. The Morgan fingerprint density at radius 2 is 0.435 bits per heavy atom. The smallest absolute Gasteiger partial charge is 0.0462 e. The lowest BCUT2D eigenvalue weighted by molar-refractivity contribution is 1.28. The largest absolute Gasteiger partial charge is 0.311 e. The molecular formula is C66H46N2S. The highest BCUT2D eigenvalue weighted by atomic mass is 32.1. The van der Waals surface area contributed by atoms with Crippen molar-refractivity contribution >= 4 is 65.6 Å². The monoisotopic (exact) mass is 898 g/mol. The Balaban J connectivity index is 0.859. The zero-order valence-electron chi connectivity index (χ0n) is 37.9. The summed E-state index contributed by atoms with van der Waals surface area (Å²) in [6, 6.07) is 101. The minimum Gasteiger partial charge on any atom is -0.311 e. The van der Waals surface area contributed by atoms with Crippen molar-refractivity contribution < 1.29 is 0 Å². The fraction of sp³-hybridized carbons (Fsp3) is 0. The van der Waals surface area contributed by atoms with Crippen LogP contribution in [0.4, 0.5) is 34.1 Å². The van der Waals surface area contributed by atoms with E-state index in [4.69, 9.17) is 0 Å². The molecular weight excluding hydrogens is 853 g/mol. The Morgan fingerprint density at radius 1 is 0.188 bits per heavy atom. The second-order valence-corrected chi connectivity index (χ2v) is 18.4. The molecule has 0 aliphatic carbocycles. The topological polar surface area (TPSA) is 6.48 Å². The summed E-state index contributed by atoms with van der Waals surface area (Å²) in [5.41, 5.74) is 18.5. The van der Waals surface area contributed by atoms with Gasteiger partial charge in [-0.1, -0.05) is 188 Å². The third kappa shape index (κ3) is 8.49. The summed E-state index contributed by atoms with van der Waals surface area (Å²) in [6.07, 6.45) is 0. The van der Waals surface area contributed by atoms with Crippen LogP contribution in [0.25, 0.3) is 75.8 Å². The first-order valence-electron chi connectivity index (χ1n) is 23.5. The van der Waals surface area contributed by atoms with Gasteiger partial charge in [-0.05, 0) is 147 Å². The van der Waals surface area contributed by atoms with Crippen LogP contribution in [0.1, 0.15) is 0 Å². The molecule has 69 heavy (non-hydrogen) atoms. The van der Waals surface area contributed by atoms with Gasteiger partial charge in [0.2, 0.25) is 0 Å². The van der Waals surface area contributed by atoms with Crippen molar-refractivity contribution in [1.82, 2.24) is 0 Å². The van der Waals surface area contributed by atoms with Crippen LogP contribution in [0.2, 0.25) is 0 Å².